The summed E-state index contributed by atoms with van der Waals surface area (Å²) in [5.41, 5.74) is 0.983. The summed E-state index contributed by atoms with van der Waals surface area (Å²) in [5.74, 6) is -0.838. The van der Waals surface area contributed by atoms with Gasteiger partial charge < -0.3 is 5.32 Å². The first-order valence-electron chi connectivity index (χ1n) is 6.31. The molecular weight excluding hydrogens is 315 g/mol. The Morgan fingerprint density at radius 1 is 1.23 bits per heavy atom. The molecule has 4 nitrogen and oxygen atoms in total. The molecule has 0 aliphatic carbocycles. The van der Waals surface area contributed by atoms with Gasteiger partial charge in [-0.25, -0.2) is 4.98 Å². The Kier molecular flexibility index (Phi) is 3.61. The van der Waals surface area contributed by atoms with E-state index in [1.807, 2.05) is 30.3 Å². The van der Waals surface area contributed by atoms with Crippen LogP contribution in [-0.2, 0) is 0 Å². The van der Waals surface area contributed by atoms with Crippen molar-refractivity contribution in [2.24, 2.45) is 0 Å². The first kappa shape index (κ1) is 14.6. The Labute approximate surface area is 127 Å². The van der Waals surface area contributed by atoms with E-state index in [1.165, 1.54) is 17.5 Å². The highest BCUT2D eigenvalue weighted by molar-refractivity contribution is 7.20. The number of halogens is 3. The van der Waals surface area contributed by atoms with Crippen LogP contribution in [0.5, 0.6) is 0 Å². The predicted octanol–water partition coefficient (Wildman–Crippen LogP) is 3.35. The number of benzene rings is 1. The number of hydrogen-bond acceptors (Lipinski definition) is 3. The molecule has 1 amide bonds. The number of rotatable bonds is 3. The number of amides is 1. The Morgan fingerprint density at radius 3 is 2.59 bits per heavy atom. The fourth-order valence-corrected chi connectivity index (χ4v) is 2.88. The molecule has 3 rings (SSSR count). The lowest BCUT2D eigenvalue weighted by atomic mass is 10.2. The molecule has 0 aliphatic heterocycles. The van der Waals surface area contributed by atoms with Gasteiger partial charge >= 0.3 is 6.18 Å². The maximum absolute atomic E-state index is 12.1. The first-order valence-corrected chi connectivity index (χ1v) is 7.13. The summed E-state index contributed by atoms with van der Waals surface area (Å²) in [6.07, 6.45) is -1.22. The number of nitrogens with zero attached hydrogens (tertiary/aromatic N) is 2. The van der Waals surface area contributed by atoms with Crippen LogP contribution in [0, 0.1) is 0 Å². The molecule has 2 heterocycles. The van der Waals surface area contributed by atoms with E-state index in [0.29, 0.717) is 4.96 Å². The number of carbonyl (C=O) groups is 1. The van der Waals surface area contributed by atoms with Crippen molar-refractivity contribution >= 4 is 22.2 Å². The van der Waals surface area contributed by atoms with Crippen LogP contribution in [0.25, 0.3) is 15.4 Å². The van der Waals surface area contributed by atoms with Crippen molar-refractivity contribution in [2.75, 3.05) is 6.54 Å². The van der Waals surface area contributed by atoms with Gasteiger partial charge in [-0.05, 0) is 5.56 Å². The van der Waals surface area contributed by atoms with Crippen LogP contribution in [0.4, 0.5) is 13.2 Å². The van der Waals surface area contributed by atoms with Crippen LogP contribution < -0.4 is 5.32 Å². The maximum atomic E-state index is 12.1. The van der Waals surface area contributed by atoms with Crippen LogP contribution in [0.2, 0.25) is 0 Å². The number of aromatic nitrogens is 2. The normalized spacial score (nSPS) is 11.8. The minimum absolute atomic E-state index is 0.0323. The average molecular weight is 325 g/mol. The van der Waals surface area contributed by atoms with Gasteiger partial charge in [-0.1, -0.05) is 41.7 Å². The quantitative estimate of drug-likeness (QED) is 0.803. The molecule has 8 heteroatoms. The zero-order valence-electron chi connectivity index (χ0n) is 11.1. The van der Waals surface area contributed by atoms with E-state index in [-0.39, 0.29) is 5.69 Å². The van der Waals surface area contributed by atoms with Crippen molar-refractivity contribution in [3.05, 3.63) is 48.4 Å². The Bertz CT molecular complexity index is 776. The lowest BCUT2D eigenvalue weighted by molar-refractivity contribution is -0.123. The Balaban J connectivity index is 1.80. The number of alkyl halides is 3. The summed E-state index contributed by atoms with van der Waals surface area (Å²) in [5, 5.41) is 1.80. The van der Waals surface area contributed by atoms with E-state index in [0.717, 1.165) is 10.4 Å². The fraction of sp³-hybridized carbons (Fsp3) is 0.143. The van der Waals surface area contributed by atoms with Crippen LogP contribution in [0.1, 0.15) is 10.5 Å². The minimum Gasteiger partial charge on any atom is -0.342 e. The predicted molar refractivity (Wildman–Crippen MR) is 76.9 cm³/mol. The van der Waals surface area contributed by atoms with Gasteiger partial charge in [0.05, 0.1) is 4.88 Å². The van der Waals surface area contributed by atoms with E-state index in [2.05, 4.69) is 4.98 Å². The lowest BCUT2D eigenvalue weighted by Gasteiger charge is -2.06. The standard InChI is InChI=1S/C14H10F3N3OS/c15-14(16,17)8-18-12(21)10-6-20-7-11(22-13(20)19-10)9-4-2-1-3-5-9/h1-7H,8H2,(H,18,21). The molecule has 1 N–H and O–H groups in total. The molecule has 0 aliphatic rings. The van der Waals surface area contributed by atoms with Crippen LogP contribution >= 0.6 is 11.3 Å². The summed E-state index contributed by atoms with van der Waals surface area (Å²) in [4.78, 5) is 17.2. The molecule has 0 saturated carbocycles. The molecule has 0 radical (unpaired) electrons. The highest BCUT2D eigenvalue weighted by Crippen LogP contribution is 2.28. The van der Waals surface area contributed by atoms with Crippen molar-refractivity contribution in [1.29, 1.82) is 0 Å². The van der Waals surface area contributed by atoms with E-state index in [4.69, 9.17) is 0 Å². The van der Waals surface area contributed by atoms with Gasteiger partial charge in [-0.15, -0.1) is 0 Å². The van der Waals surface area contributed by atoms with Gasteiger partial charge in [0.15, 0.2) is 4.96 Å². The van der Waals surface area contributed by atoms with Crippen molar-refractivity contribution in [1.82, 2.24) is 14.7 Å². The second-order valence-electron chi connectivity index (χ2n) is 4.58. The molecular formula is C14H10F3N3OS. The molecule has 0 atom stereocenters. The third kappa shape index (κ3) is 3.11. The molecule has 2 aromatic heterocycles. The molecule has 22 heavy (non-hydrogen) atoms. The average Bonchev–Trinajstić information content (AvgIpc) is 3.03. The molecule has 3 aromatic rings. The fourth-order valence-electron chi connectivity index (χ4n) is 1.91. The number of imidazole rings is 1. The summed E-state index contributed by atoms with van der Waals surface area (Å²) >= 11 is 1.36. The molecule has 0 unspecified atom stereocenters. The first-order chi connectivity index (χ1) is 10.4. The second-order valence-corrected chi connectivity index (χ2v) is 5.58. The van der Waals surface area contributed by atoms with E-state index < -0.39 is 18.6 Å². The van der Waals surface area contributed by atoms with Gasteiger partial charge in [0.1, 0.15) is 12.2 Å². The second kappa shape index (κ2) is 5.45. The van der Waals surface area contributed by atoms with Gasteiger partial charge in [-0.3, -0.25) is 9.20 Å². The summed E-state index contributed by atoms with van der Waals surface area (Å²) in [6.45, 7) is -1.37. The number of nitrogens with one attached hydrogen (secondary N) is 1. The highest BCUT2D eigenvalue weighted by atomic mass is 32.1. The number of carbonyl (C=O) groups excluding carboxylic acids is 1. The van der Waals surface area contributed by atoms with Gasteiger partial charge in [0.25, 0.3) is 5.91 Å². The largest absolute Gasteiger partial charge is 0.405 e. The molecule has 0 bridgehead atoms. The minimum atomic E-state index is -4.44. The molecule has 0 spiro atoms. The zero-order valence-corrected chi connectivity index (χ0v) is 11.9. The topological polar surface area (TPSA) is 46.4 Å². The third-order valence-corrected chi connectivity index (χ3v) is 3.94. The molecule has 0 saturated heterocycles. The van der Waals surface area contributed by atoms with Gasteiger partial charge in [0, 0.05) is 12.4 Å². The van der Waals surface area contributed by atoms with Crippen LogP contribution in [-0.4, -0.2) is 28.0 Å². The van der Waals surface area contributed by atoms with Crippen LogP contribution in [0.3, 0.4) is 0 Å². The number of hydrogen-bond donors (Lipinski definition) is 1. The highest BCUT2D eigenvalue weighted by Gasteiger charge is 2.28. The summed E-state index contributed by atoms with van der Waals surface area (Å²) < 4.78 is 37.9. The Hall–Kier alpha value is -2.35. The van der Waals surface area contributed by atoms with E-state index >= 15 is 0 Å². The van der Waals surface area contributed by atoms with Crippen molar-refractivity contribution < 1.29 is 18.0 Å². The maximum Gasteiger partial charge on any atom is 0.405 e. The van der Waals surface area contributed by atoms with Crippen molar-refractivity contribution in [2.45, 2.75) is 6.18 Å². The van der Waals surface area contributed by atoms with Gasteiger partial charge in [0.2, 0.25) is 0 Å². The molecule has 114 valence electrons. The summed E-state index contributed by atoms with van der Waals surface area (Å²) in [6, 6.07) is 9.62. The monoisotopic (exact) mass is 325 g/mol. The summed E-state index contributed by atoms with van der Waals surface area (Å²) in [7, 11) is 0. The van der Waals surface area contributed by atoms with Crippen LogP contribution in [0.15, 0.2) is 42.7 Å². The third-order valence-electron chi connectivity index (χ3n) is 2.90. The molecule has 0 fully saturated rings. The zero-order chi connectivity index (χ0) is 15.7. The van der Waals surface area contributed by atoms with Crippen molar-refractivity contribution in [3.63, 3.8) is 0 Å². The lowest BCUT2D eigenvalue weighted by Crippen LogP contribution is -2.33. The number of thiazole rings is 1. The number of fused-ring (bicyclic) bond motifs is 1. The van der Waals surface area contributed by atoms with Crippen molar-refractivity contribution in [3.8, 4) is 10.4 Å². The van der Waals surface area contributed by atoms with E-state index in [1.54, 1.807) is 15.9 Å². The smallest absolute Gasteiger partial charge is 0.342 e. The van der Waals surface area contributed by atoms with Gasteiger partial charge in [-0.2, -0.15) is 13.2 Å². The Morgan fingerprint density at radius 2 is 1.95 bits per heavy atom. The molecule has 1 aromatic carbocycles. The SMILES string of the molecule is O=C(NCC(F)(F)F)c1cn2cc(-c3ccccc3)sc2n1. The van der Waals surface area contributed by atoms with E-state index in [9.17, 15) is 18.0 Å².